The van der Waals surface area contributed by atoms with E-state index in [4.69, 9.17) is 9.47 Å². The summed E-state index contributed by atoms with van der Waals surface area (Å²) in [4.78, 5) is 11.9. The fourth-order valence-electron chi connectivity index (χ4n) is 3.41. The van der Waals surface area contributed by atoms with E-state index >= 15 is 0 Å². The van der Waals surface area contributed by atoms with Crippen LogP contribution in [0.2, 0.25) is 0 Å². The number of methoxy groups -OCH3 is 1. The van der Waals surface area contributed by atoms with E-state index in [9.17, 15) is 4.79 Å². The second-order valence-electron chi connectivity index (χ2n) is 6.41. The first-order valence-corrected chi connectivity index (χ1v) is 8.87. The monoisotopic (exact) mass is 360 g/mol. The zero-order chi connectivity index (χ0) is 18.6. The molecule has 3 aromatic carbocycles. The summed E-state index contributed by atoms with van der Waals surface area (Å²) >= 11 is 0. The van der Waals surface area contributed by atoms with Crippen molar-refractivity contribution >= 4 is 22.9 Å². The van der Waals surface area contributed by atoms with Crippen LogP contribution in [0.5, 0.6) is 11.5 Å². The standard InChI is InChI=1S/C22H20N2O3/c1-26-18-9-11-19(12-10-18)27-14-21(25)24-23-13-17-8-7-16-6-5-15-3-2-4-20(17)22(15)16/h2-4,7-13H,5-6,14H2,1H3,(H,24,25)/b23-13-. The average Bonchev–Trinajstić information content (AvgIpc) is 3.13. The molecule has 0 unspecified atom stereocenters. The Bertz CT molecular complexity index is 1000. The number of nitrogens with one attached hydrogen (secondary N) is 1. The molecule has 0 saturated carbocycles. The van der Waals surface area contributed by atoms with Gasteiger partial charge in [0.2, 0.25) is 0 Å². The van der Waals surface area contributed by atoms with Crippen LogP contribution >= 0.6 is 0 Å². The second-order valence-corrected chi connectivity index (χ2v) is 6.41. The van der Waals surface area contributed by atoms with Crippen molar-refractivity contribution in [3.8, 4) is 11.5 Å². The normalized spacial score (nSPS) is 12.5. The van der Waals surface area contributed by atoms with Gasteiger partial charge in [-0.3, -0.25) is 4.79 Å². The maximum absolute atomic E-state index is 11.9. The molecule has 0 aliphatic heterocycles. The van der Waals surface area contributed by atoms with Gasteiger partial charge in [-0.05, 0) is 59.0 Å². The molecule has 1 N–H and O–H groups in total. The fourth-order valence-corrected chi connectivity index (χ4v) is 3.41. The lowest BCUT2D eigenvalue weighted by molar-refractivity contribution is -0.123. The zero-order valence-corrected chi connectivity index (χ0v) is 15.1. The molecule has 0 heterocycles. The van der Waals surface area contributed by atoms with Crippen molar-refractivity contribution in [2.75, 3.05) is 13.7 Å². The first-order chi connectivity index (χ1) is 13.2. The number of ether oxygens (including phenoxy) is 2. The lowest BCUT2D eigenvalue weighted by Crippen LogP contribution is -2.24. The third-order valence-corrected chi connectivity index (χ3v) is 4.73. The van der Waals surface area contributed by atoms with Gasteiger partial charge in [0, 0.05) is 5.56 Å². The highest BCUT2D eigenvalue weighted by atomic mass is 16.5. The molecular formula is C22H20N2O3. The molecule has 5 heteroatoms. The van der Waals surface area contributed by atoms with Crippen LogP contribution in [0.3, 0.4) is 0 Å². The quantitative estimate of drug-likeness (QED) is 0.541. The van der Waals surface area contributed by atoms with Crippen molar-refractivity contribution in [3.05, 3.63) is 71.3 Å². The van der Waals surface area contributed by atoms with E-state index in [-0.39, 0.29) is 12.5 Å². The van der Waals surface area contributed by atoms with Crippen LogP contribution in [-0.2, 0) is 17.6 Å². The number of carbonyl (C=O) groups excluding carboxylic acids is 1. The average molecular weight is 360 g/mol. The molecule has 0 bridgehead atoms. The van der Waals surface area contributed by atoms with Gasteiger partial charge < -0.3 is 9.47 Å². The SMILES string of the molecule is COc1ccc(OCC(=O)N/N=C\c2ccc3c4c(cccc24)CC3)cc1. The van der Waals surface area contributed by atoms with Gasteiger partial charge >= 0.3 is 0 Å². The molecule has 5 nitrogen and oxygen atoms in total. The van der Waals surface area contributed by atoms with Crippen LogP contribution in [-0.4, -0.2) is 25.8 Å². The predicted molar refractivity (Wildman–Crippen MR) is 106 cm³/mol. The molecule has 0 aromatic heterocycles. The lowest BCUT2D eigenvalue weighted by Gasteiger charge is -2.06. The Labute approximate surface area is 157 Å². The van der Waals surface area contributed by atoms with Crippen LogP contribution in [0.25, 0.3) is 10.8 Å². The number of rotatable bonds is 6. The van der Waals surface area contributed by atoms with Gasteiger partial charge in [0.05, 0.1) is 13.3 Å². The molecular weight excluding hydrogens is 340 g/mol. The molecule has 0 spiro atoms. The molecule has 1 amide bonds. The number of amides is 1. The first kappa shape index (κ1) is 17.1. The molecule has 1 aliphatic carbocycles. The van der Waals surface area contributed by atoms with Crippen molar-refractivity contribution in [1.82, 2.24) is 5.43 Å². The number of benzene rings is 3. The highest BCUT2D eigenvalue weighted by Gasteiger charge is 2.14. The molecule has 3 aromatic rings. The van der Waals surface area contributed by atoms with Gasteiger partial charge in [0.1, 0.15) is 11.5 Å². The van der Waals surface area contributed by atoms with Gasteiger partial charge in [0.25, 0.3) is 5.91 Å². The Kier molecular flexibility index (Phi) is 4.75. The van der Waals surface area contributed by atoms with Crippen LogP contribution in [0.15, 0.2) is 59.7 Å². The molecule has 27 heavy (non-hydrogen) atoms. The van der Waals surface area contributed by atoms with E-state index in [0.29, 0.717) is 5.75 Å². The second kappa shape index (κ2) is 7.50. The number of hydrogen-bond donors (Lipinski definition) is 1. The Morgan fingerprint density at radius 3 is 2.56 bits per heavy atom. The highest BCUT2D eigenvalue weighted by Crippen LogP contribution is 2.32. The Morgan fingerprint density at radius 1 is 1.04 bits per heavy atom. The van der Waals surface area contributed by atoms with Crippen LogP contribution < -0.4 is 14.9 Å². The summed E-state index contributed by atoms with van der Waals surface area (Å²) in [6.45, 7) is -0.104. The third kappa shape index (κ3) is 3.62. The minimum absolute atomic E-state index is 0.104. The summed E-state index contributed by atoms with van der Waals surface area (Å²) in [5.74, 6) is 1.03. The molecule has 1 aliphatic rings. The van der Waals surface area contributed by atoms with Gasteiger partial charge in [-0.15, -0.1) is 0 Å². The number of carbonyl (C=O) groups is 1. The third-order valence-electron chi connectivity index (χ3n) is 4.73. The van der Waals surface area contributed by atoms with Crippen LogP contribution in [0.1, 0.15) is 16.7 Å². The number of aryl methyl sites for hydroxylation is 2. The van der Waals surface area contributed by atoms with E-state index < -0.39 is 0 Å². The maximum Gasteiger partial charge on any atom is 0.277 e. The van der Waals surface area contributed by atoms with Gasteiger partial charge in [-0.1, -0.05) is 30.3 Å². The van der Waals surface area contributed by atoms with Crippen molar-refractivity contribution in [2.24, 2.45) is 5.10 Å². The van der Waals surface area contributed by atoms with Crippen molar-refractivity contribution in [3.63, 3.8) is 0 Å². The lowest BCUT2D eigenvalue weighted by atomic mass is 10.0. The summed E-state index contributed by atoms with van der Waals surface area (Å²) in [5, 5.41) is 6.59. The molecule has 0 fully saturated rings. The summed E-state index contributed by atoms with van der Waals surface area (Å²) < 4.78 is 10.5. The predicted octanol–water partition coefficient (Wildman–Crippen LogP) is 3.48. The van der Waals surface area contributed by atoms with E-state index in [2.05, 4.69) is 40.9 Å². The summed E-state index contributed by atoms with van der Waals surface area (Å²) in [7, 11) is 1.60. The maximum atomic E-state index is 11.9. The molecule has 136 valence electrons. The Balaban J connectivity index is 1.38. The largest absolute Gasteiger partial charge is 0.497 e. The molecule has 0 radical (unpaired) electrons. The van der Waals surface area contributed by atoms with Crippen LogP contribution in [0.4, 0.5) is 0 Å². The zero-order valence-electron chi connectivity index (χ0n) is 15.1. The summed E-state index contributed by atoms with van der Waals surface area (Å²) in [6, 6.07) is 17.6. The Morgan fingerprint density at radius 2 is 1.78 bits per heavy atom. The van der Waals surface area contributed by atoms with Crippen molar-refractivity contribution in [2.45, 2.75) is 12.8 Å². The smallest absolute Gasteiger partial charge is 0.277 e. The van der Waals surface area contributed by atoms with E-state index in [1.54, 1.807) is 37.6 Å². The minimum atomic E-state index is -0.312. The van der Waals surface area contributed by atoms with Gasteiger partial charge in [-0.2, -0.15) is 5.10 Å². The number of hydrogen-bond acceptors (Lipinski definition) is 4. The number of nitrogens with zero attached hydrogens (tertiary/aromatic N) is 1. The summed E-state index contributed by atoms with van der Waals surface area (Å²) in [5.41, 5.74) is 6.28. The highest BCUT2D eigenvalue weighted by molar-refractivity contribution is 6.03. The topological polar surface area (TPSA) is 59.9 Å². The number of hydrazone groups is 1. The molecule has 0 saturated heterocycles. The van der Waals surface area contributed by atoms with Crippen molar-refractivity contribution in [1.29, 1.82) is 0 Å². The molecule has 0 atom stereocenters. The van der Waals surface area contributed by atoms with E-state index in [0.717, 1.165) is 24.2 Å². The van der Waals surface area contributed by atoms with Crippen molar-refractivity contribution < 1.29 is 14.3 Å². The van der Waals surface area contributed by atoms with Crippen LogP contribution in [0, 0.1) is 0 Å². The van der Waals surface area contributed by atoms with E-state index in [1.165, 1.54) is 21.9 Å². The molecule has 4 rings (SSSR count). The summed E-state index contributed by atoms with van der Waals surface area (Å²) in [6.07, 6.45) is 3.87. The Hall–Kier alpha value is -3.34. The fraction of sp³-hybridized carbons (Fsp3) is 0.182. The van der Waals surface area contributed by atoms with Gasteiger partial charge in [-0.25, -0.2) is 5.43 Å². The minimum Gasteiger partial charge on any atom is -0.497 e. The van der Waals surface area contributed by atoms with E-state index in [1.807, 2.05) is 0 Å². The first-order valence-electron chi connectivity index (χ1n) is 8.87. The van der Waals surface area contributed by atoms with Gasteiger partial charge in [0.15, 0.2) is 6.61 Å².